The maximum Gasteiger partial charge on any atom is 0.417 e. The molecule has 0 saturated heterocycles. The highest BCUT2D eigenvalue weighted by Gasteiger charge is 2.33. The van der Waals surface area contributed by atoms with Gasteiger partial charge in [0.1, 0.15) is 0 Å². The number of alkyl halides is 3. The van der Waals surface area contributed by atoms with Crippen molar-refractivity contribution in [1.82, 2.24) is 0 Å². The second kappa shape index (κ2) is 4.19. The van der Waals surface area contributed by atoms with Gasteiger partial charge in [0.15, 0.2) is 0 Å². The van der Waals surface area contributed by atoms with Crippen molar-refractivity contribution in [2.75, 3.05) is 17.3 Å². The molecule has 0 unspecified atom stereocenters. The molecule has 0 atom stereocenters. The van der Waals surface area contributed by atoms with Gasteiger partial charge >= 0.3 is 6.18 Å². The molecular weight excluding hydrogens is 253 g/mol. The SMILES string of the molecule is FC(F)(F)c1ccccc1-c1ccc2c(c1)NCN2. The lowest BCUT2D eigenvalue weighted by atomic mass is 9.98. The van der Waals surface area contributed by atoms with Gasteiger partial charge in [-0.2, -0.15) is 13.2 Å². The highest BCUT2D eigenvalue weighted by molar-refractivity contribution is 5.81. The summed E-state index contributed by atoms with van der Waals surface area (Å²) in [5, 5.41) is 6.17. The molecule has 0 aliphatic carbocycles. The first-order valence-corrected chi connectivity index (χ1v) is 5.84. The molecule has 98 valence electrons. The van der Waals surface area contributed by atoms with E-state index in [0.29, 0.717) is 12.2 Å². The second-order valence-corrected chi connectivity index (χ2v) is 4.33. The van der Waals surface area contributed by atoms with Crippen LogP contribution in [0.4, 0.5) is 24.5 Å². The topological polar surface area (TPSA) is 24.1 Å². The van der Waals surface area contributed by atoms with E-state index >= 15 is 0 Å². The van der Waals surface area contributed by atoms with Crippen molar-refractivity contribution < 1.29 is 13.2 Å². The molecule has 2 N–H and O–H groups in total. The van der Waals surface area contributed by atoms with Gasteiger partial charge in [0.2, 0.25) is 0 Å². The van der Waals surface area contributed by atoms with E-state index in [1.807, 2.05) is 0 Å². The number of hydrogen-bond donors (Lipinski definition) is 2. The number of hydrogen-bond acceptors (Lipinski definition) is 2. The van der Waals surface area contributed by atoms with Crippen LogP contribution < -0.4 is 10.6 Å². The lowest BCUT2D eigenvalue weighted by Crippen LogP contribution is -2.06. The van der Waals surface area contributed by atoms with Crippen molar-refractivity contribution in [3.63, 3.8) is 0 Å². The van der Waals surface area contributed by atoms with Crippen LogP contribution in [0.5, 0.6) is 0 Å². The summed E-state index contributed by atoms with van der Waals surface area (Å²) < 4.78 is 38.9. The first-order chi connectivity index (χ1) is 9.05. The lowest BCUT2D eigenvalue weighted by Gasteiger charge is -2.13. The minimum atomic E-state index is -4.35. The number of fused-ring (bicyclic) bond motifs is 1. The molecule has 2 aromatic carbocycles. The summed E-state index contributed by atoms with van der Waals surface area (Å²) in [4.78, 5) is 0. The van der Waals surface area contributed by atoms with E-state index in [-0.39, 0.29) is 5.56 Å². The predicted octanol–water partition coefficient (Wildman–Crippen LogP) is 4.17. The Morgan fingerprint density at radius 3 is 2.42 bits per heavy atom. The normalized spacial score (nSPS) is 13.6. The first-order valence-electron chi connectivity index (χ1n) is 5.84. The highest BCUT2D eigenvalue weighted by Crippen LogP contribution is 2.39. The van der Waals surface area contributed by atoms with E-state index in [9.17, 15) is 13.2 Å². The summed E-state index contributed by atoms with van der Waals surface area (Å²) in [6, 6.07) is 10.8. The Bertz CT molecular complexity index is 620. The molecule has 2 aromatic rings. The van der Waals surface area contributed by atoms with Crippen LogP contribution in [0.2, 0.25) is 0 Å². The molecule has 19 heavy (non-hydrogen) atoms. The summed E-state index contributed by atoms with van der Waals surface area (Å²) in [6.07, 6.45) is -4.35. The number of rotatable bonds is 1. The molecule has 0 amide bonds. The molecule has 0 spiro atoms. The lowest BCUT2D eigenvalue weighted by molar-refractivity contribution is -0.137. The minimum absolute atomic E-state index is 0.200. The summed E-state index contributed by atoms with van der Waals surface area (Å²) in [6.45, 7) is 0.597. The van der Waals surface area contributed by atoms with Gasteiger partial charge in [0.25, 0.3) is 0 Å². The van der Waals surface area contributed by atoms with Crippen LogP contribution in [-0.4, -0.2) is 6.67 Å². The van der Waals surface area contributed by atoms with Gasteiger partial charge in [-0.05, 0) is 29.3 Å². The van der Waals surface area contributed by atoms with Crippen molar-refractivity contribution in [3.05, 3.63) is 48.0 Å². The van der Waals surface area contributed by atoms with Crippen LogP contribution >= 0.6 is 0 Å². The Morgan fingerprint density at radius 1 is 0.895 bits per heavy atom. The van der Waals surface area contributed by atoms with Crippen LogP contribution in [0.1, 0.15) is 5.56 Å². The molecule has 0 bridgehead atoms. The van der Waals surface area contributed by atoms with E-state index in [0.717, 1.165) is 17.4 Å². The van der Waals surface area contributed by atoms with E-state index in [2.05, 4.69) is 10.6 Å². The minimum Gasteiger partial charge on any atom is -0.366 e. The van der Waals surface area contributed by atoms with Crippen molar-refractivity contribution in [2.45, 2.75) is 6.18 Å². The largest absolute Gasteiger partial charge is 0.417 e. The summed E-state index contributed by atoms with van der Waals surface area (Å²) >= 11 is 0. The fourth-order valence-electron chi connectivity index (χ4n) is 2.23. The van der Waals surface area contributed by atoms with Gasteiger partial charge < -0.3 is 10.6 Å². The average Bonchev–Trinajstić information content (AvgIpc) is 2.85. The molecule has 5 heteroatoms. The van der Waals surface area contributed by atoms with E-state index in [4.69, 9.17) is 0 Å². The molecule has 0 fully saturated rings. The van der Waals surface area contributed by atoms with E-state index < -0.39 is 11.7 Å². The van der Waals surface area contributed by atoms with Gasteiger partial charge in [-0.1, -0.05) is 24.3 Å². The maximum atomic E-state index is 13.0. The second-order valence-electron chi connectivity index (χ2n) is 4.33. The van der Waals surface area contributed by atoms with Crippen LogP contribution in [0.15, 0.2) is 42.5 Å². The van der Waals surface area contributed by atoms with Crippen molar-refractivity contribution >= 4 is 11.4 Å². The van der Waals surface area contributed by atoms with Crippen LogP contribution in [-0.2, 0) is 6.18 Å². The standard InChI is InChI=1S/C14H11F3N2/c15-14(16,17)11-4-2-1-3-10(11)9-5-6-12-13(7-9)19-8-18-12/h1-7,18-19H,8H2. The molecule has 3 rings (SSSR count). The van der Waals surface area contributed by atoms with Crippen molar-refractivity contribution in [2.24, 2.45) is 0 Å². The van der Waals surface area contributed by atoms with Crippen LogP contribution in [0, 0.1) is 0 Å². The third kappa shape index (κ3) is 2.12. The number of benzene rings is 2. The Kier molecular flexibility index (Phi) is 2.62. The third-order valence-corrected chi connectivity index (χ3v) is 3.12. The average molecular weight is 264 g/mol. The van der Waals surface area contributed by atoms with Crippen molar-refractivity contribution in [1.29, 1.82) is 0 Å². The van der Waals surface area contributed by atoms with Gasteiger partial charge in [0.05, 0.1) is 23.6 Å². The number of anilines is 2. The smallest absolute Gasteiger partial charge is 0.366 e. The monoisotopic (exact) mass is 264 g/mol. The third-order valence-electron chi connectivity index (χ3n) is 3.12. The fraction of sp³-hybridized carbons (Fsp3) is 0.143. The quantitative estimate of drug-likeness (QED) is 0.807. The zero-order valence-electron chi connectivity index (χ0n) is 9.88. The summed E-state index contributed by atoms with van der Waals surface area (Å²) in [5.74, 6) is 0. The highest BCUT2D eigenvalue weighted by atomic mass is 19.4. The Balaban J connectivity index is 2.12. The molecule has 1 heterocycles. The zero-order valence-corrected chi connectivity index (χ0v) is 9.88. The molecule has 1 aliphatic rings. The summed E-state index contributed by atoms with van der Waals surface area (Å²) in [5.41, 5.74) is 1.89. The molecule has 1 aliphatic heterocycles. The van der Waals surface area contributed by atoms with Crippen molar-refractivity contribution in [3.8, 4) is 11.1 Å². The van der Waals surface area contributed by atoms with E-state index in [1.54, 1.807) is 24.3 Å². The van der Waals surface area contributed by atoms with Crippen LogP contribution in [0.25, 0.3) is 11.1 Å². The van der Waals surface area contributed by atoms with Gasteiger partial charge in [0, 0.05) is 0 Å². The van der Waals surface area contributed by atoms with Gasteiger partial charge in [-0.15, -0.1) is 0 Å². The Morgan fingerprint density at radius 2 is 1.63 bits per heavy atom. The molecular formula is C14H11F3N2. The predicted molar refractivity (Wildman–Crippen MR) is 69.0 cm³/mol. The molecule has 0 aromatic heterocycles. The van der Waals surface area contributed by atoms with Crippen LogP contribution in [0.3, 0.4) is 0 Å². The Labute approximate surface area is 108 Å². The Hall–Kier alpha value is -2.17. The molecule has 2 nitrogen and oxygen atoms in total. The summed E-state index contributed by atoms with van der Waals surface area (Å²) in [7, 11) is 0. The van der Waals surface area contributed by atoms with Gasteiger partial charge in [-0.25, -0.2) is 0 Å². The van der Waals surface area contributed by atoms with E-state index in [1.165, 1.54) is 12.1 Å². The molecule has 0 saturated carbocycles. The fourth-order valence-corrected chi connectivity index (χ4v) is 2.23. The first kappa shape index (κ1) is 11.9. The maximum absolute atomic E-state index is 13.0. The number of nitrogens with one attached hydrogen (secondary N) is 2. The molecule has 0 radical (unpaired) electrons. The zero-order chi connectivity index (χ0) is 13.5. The van der Waals surface area contributed by atoms with Gasteiger partial charge in [-0.3, -0.25) is 0 Å². The number of halogens is 3.